The second-order valence-corrected chi connectivity index (χ2v) is 6.72. The van der Waals surface area contributed by atoms with Gasteiger partial charge in [-0.25, -0.2) is 4.39 Å². The van der Waals surface area contributed by atoms with Crippen LogP contribution in [0.5, 0.6) is 0 Å². The molecule has 0 radical (unpaired) electrons. The van der Waals surface area contributed by atoms with Gasteiger partial charge in [0.1, 0.15) is 11.4 Å². The van der Waals surface area contributed by atoms with Crippen molar-refractivity contribution in [3.05, 3.63) is 81.4 Å². The van der Waals surface area contributed by atoms with Crippen molar-refractivity contribution in [3.8, 4) is 0 Å². The van der Waals surface area contributed by atoms with Crippen LogP contribution in [0.25, 0.3) is 10.9 Å². The lowest BCUT2D eigenvalue weighted by Crippen LogP contribution is -2.30. The Bertz CT molecular complexity index is 1040. The van der Waals surface area contributed by atoms with Crippen LogP contribution in [0.1, 0.15) is 40.2 Å². The number of aromatic amines is 1. The first-order valence-electron chi connectivity index (χ1n) is 8.80. The van der Waals surface area contributed by atoms with Crippen LogP contribution in [0.3, 0.4) is 0 Å². The average Bonchev–Trinajstić information content (AvgIpc) is 3.04. The maximum atomic E-state index is 13.2. The van der Waals surface area contributed by atoms with Gasteiger partial charge in [-0.15, -0.1) is 0 Å². The van der Waals surface area contributed by atoms with Crippen molar-refractivity contribution in [3.63, 3.8) is 0 Å². The van der Waals surface area contributed by atoms with Crippen molar-refractivity contribution in [2.24, 2.45) is 0 Å². The fraction of sp³-hybridized carbons (Fsp3) is 0.238. The largest absolute Gasteiger partial charge is 0.352 e. The van der Waals surface area contributed by atoms with Gasteiger partial charge >= 0.3 is 0 Å². The van der Waals surface area contributed by atoms with E-state index in [1.165, 1.54) is 29.3 Å². The number of nitrogens with one attached hydrogen (secondary N) is 2. The Morgan fingerprint density at radius 3 is 2.92 bits per heavy atom. The molecule has 0 bridgehead atoms. The third-order valence-corrected chi connectivity index (χ3v) is 5.09. The Morgan fingerprint density at radius 1 is 1.19 bits per heavy atom. The van der Waals surface area contributed by atoms with Gasteiger partial charge in [0.05, 0.1) is 5.52 Å². The minimum absolute atomic E-state index is 0.0518. The number of halogens is 1. The number of pyridine rings is 1. The van der Waals surface area contributed by atoms with E-state index in [-0.39, 0.29) is 5.56 Å². The molecule has 0 fully saturated rings. The van der Waals surface area contributed by atoms with Gasteiger partial charge in [-0.2, -0.15) is 0 Å². The molecule has 5 heteroatoms. The first-order chi connectivity index (χ1) is 12.6. The molecular formula is C21H19FN2O2. The molecule has 132 valence electrons. The number of aromatic nitrogens is 1. The predicted molar refractivity (Wildman–Crippen MR) is 99.0 cm³/mol. The van der Waals surface area contributed by atoms with E-state index in [1.807, 2.05) is 6.07 Å². The lowest BCUT2D eigenvalue weighted by molar-refractivity contribution is 0.0951. The molecule has 1 unspecified atom stereocenters. The third kappa shape index (κ3) is 3.12. The third-order valence-electron chi connectivity index (χ3n) is 5.09. The van der Waals surface area contributed by atoms with Crippen molar-refractivity contribution < 1.29 is 9.18 Å². The zero-order chi connectivity index (χ0) is 18.1. The van der Waals surface area contributed by atoms with Gasteiger partial charge in [-0.05, 0) is 66.0 Å². The lowest BCUT2D eigenvalue weighted by Gasteiger charge is -2.12. The molecule has 1 atom stereocenters. The molecule has 0 saturated heterocycles. The van der Waals surface area contributed by atoms with Crippen LogP contribution in [0.4, 0.5) is 4.39 Å². The summed E-state index contributed by atoms with van der Waals surface area (Å²) >= 11 is 0. The zero-order valence-electron chi connectivity index (χ0n) is 14.2. The molecule has 3 aromatic rings. The molecule has 2 aromatic carbocycles. The quantitative estimate of drug-likeness (QED) is 0.756. The normalized spacial score (nSPS) is 15.8. The Labute approximate surface area is 150 Å². The van der Waals surface area contributed by atoms with E-state index >= 15 is 0 Å². The summed E-state index contributed by atoms with van der Waals surface area (Å²) in [5.41, 5.74) is 2.69. The molecule has 4 nitrogen and oxygen atoms in total. The van der Waals surface area contributed by atoms with Gasteiger partial charge in [0.15, 0.2) is 0 Å². The molecule has 0 spiro atoms. The molecule has 1 aliphatic carbocycles. The standard InChI is InChI=1S/C21H19FN2O2/c22-16-8-7-15-11-18(21(26)24-19(15)12-16)20(25)23-10-9-14-6-5-13-3-1-2-4-17(13)14/h1-4,7-8,11-12,14H,5-6,9-10H2,(H,23,25)(H,24,26). The van der Waals surface area contributed by atoms with E-state index in [9.17, 15) is 14.0 Å². The van der Waals surface area contributed by atoms with Crippen LogP contribution >= 0.6 is 0 Å². The van der Waals surface area contributed by atoms with Gasteiger partial charge in [0.25, 0.3) is 11.5 Å². The number of fused-ring (bicyclic) bond motifs is 2. The van der Waals surface area contributed by atoms with E-state index in [0.29, 0.717) is 23.4 Å². The fourth-order valence-corrected chi connectivity index (χ4v) is 3.74. The highest BCUT2D eigenvalue weighted by molar-refractivity contribution is 5.97. The number of H-pyrrole nitrogens is 1. The van der Waals surface area contributed by atoms with Crippen LogP contribution in [-0.4, -0.2) is 17.4 Å². The molecule has 1 amide bonds. The second-order valence-electron chi connectivity index (χ2n) is 6.72. The monoisotopic (exact) mass is 350 g/mol. The Balaban J connectivity index is 1.44. The molecular weight excluding hydrogens is 331 g/mol. The molecule has 1 aromatic heterocycles. The van der Waals surface area contributed by atoms with Crippen molar-refractivity contribution in [1.82, 2.24) is 10.3 Å². The first-order valence-corrected chi connectivity index (χ1v) is 8.80. The van der Waals surface area contributed by atoms with Gasteiger partial charge in [-0.1, -0.05) is 24.3 Å². The predicted octanol–water partition coefficient (Wildman–Crippen LogP) is 3.52. The molecule has 0 aliphatic heterocycles. The molecule has 4 rings (SSSR count). The number of hydrogen-bond acceptors (Lipinski definition) is 2. The highest BCUT2D eigenvalue weighted by atomic mass is 19.1. The summed E-state index contributed by atoms with van der Waals surface area (Å²) in [7, 11) is 0. The maximum Gasteiger partial charge on any atom is 0.261 e. The van der Waals surface area contributed by atoms with Crippen LogP contribution in [0.15, 0.2) is 53.3 Å². The Kier molecular flexibility index (Phi) is 4.29. The molecule has 0 saturated carbocycles. The average molecular weight is 350 g/mol. The van der Waals surface area contributed by atoms with Crippen LogP contribution in [0.2, 0.25) is 0 Å². The van der Waals surface area contributed by atoms with Gasteiger partial charge in [0.2, 0.25) is 0 Å². The van der Waals surface area contributed by atoms with E-state index in [0.717, 1.165) is 19.3 Å². The number of rotatable bonds is 4. The summed E-state index contributed by atoms with van der Waals surface area (Å²) in [5.74, 6) is -0.379. The number of carbonyl (C=O) groups excluding carboxylic acids is 1. The fourth-order valence-electron chi connectivity index (χ4n) is 3.74. The summed E-state index contributed by atoms with van der Waals surface area (Å²) in [4.78, 5) is 27.1. The molecule has 1 aliphatic rings. The number of aryl methyl sites for hydroxylation is 1. The molecule has 1 heterocycles. The van der Waals surface area contributed by atoms with Crippen molar-refractivity contribution in [1.29, 1.82) is 0 Å². The zero-order valence-corrected chi connectivity index (χ0v) is 14.2. The van der Waals surface area contributed by atoms with E-state index in [1.54, 1.807) is 6.07 Å². The number of hydrogen-bond donors (Lipinski definition) is 2. The Morgan fingerprint density at radius 2 is 2.04 bits per heavy atom. The summed E-state index contributed by atoms with van der Waals surface area (Å²) < 4.78 is 13.2. The highest BCUT2D eigenvalue weighted by Gasteiger charge is 2.21. The van der Waals surface area contributed by atoms with Crippen molar-refractivity contribution in [2.75, 3.05) is 6.54 Å². The number of benzene rings is 2. The highest BCUT2D eigenvalue weighted by Crippen LogP contribution is 2.34. The maximum absolute atomic E-state index is 13.2. The topological polar surface area (TPSA) is 62.0 Å². The van der Waals surface area contributed by atoms with Gasteiger partial charge in [0, 0.05) is 6.54 Å². The van der Waals surface area contributed by atoms with Crippen LogP contribution < -0.4 is 10.9 Å². The minimum atomic E-state index is -0.508. The summed E-state index contributed by atoms with van der Waals surface area (Å²) in [6.07, 6.45) is 3.02. The Hall–Kier alpha value is -2.95. The first kappa shape index (κ1) is 16.5. The van der Waals surface area contributed by atoms with Crippen LogP contribution in [-0.2, 0) is 6.42 Å². The van der Waals surface area contributed by atoms with E-state index in [2.05, 4.69) is 28.5 Å². The van der Waals surface area contributed by atoms with Gasteiger partial charge in [-0.3, -0.25) is 9.59 Å². The SMILES string of the molecule is O=C(NCCC1CCc2ccccc21)c1cc2ccc(F)cc2[nH]c1=O. The summed E-state index contributed by atoms with van der Waals surface area (Å²) in [6.45, 7) is 0.513. The van der Waals surface area contributed by atoms with Crippen LogP contribution in [0, 0.1) is 5.82 Å². The number of carbonyl (C=O) groups is 1. The minimum Gasteiger partial charge on any atom is -0.352 e. The molecule has 2 N–H and O–H groups in total. The van der Waals surface area contributed by atoms with Crippen molar-refractivity contribution in [2.45, 2.75) is 25.2 Å². The van der Waals surface area contributed by atoms with Gasteiger partial charge < -0.3 is 10.3 Å². The smallest absolute Gasteiger partial charge is 0.261 e. The van der Waals surface area contributed by atoms with Crippen molar-refractivity contribution >= 4 is 16.8 Å². The van der Waals surface area contributed by atoms with E-state index in [4.69, 9.17) is 0 Å². The second kappa shape index (κ2) is 6.75. The lowest BCUT2D eigenvalue weighted by atomic mass is 9.98. The molecule has 26 heavy (non-hydrogen) atoms. The number of amides is 1. The summed E-state index contributed by atoms with van der Waals surface area (Å²) in [6, 6.07) is 14.0. The van der Waals surface area contributed by atoms with E-state index < -0.39 is 17.3 Å². The summed E-state index contributed by atoms with van der Waals surface area (Å²) in [5, 5.41) is 3.47.